The Morgan fingerprint density at radius 3 is 2.64 bits per heavy atom. The van der Waals surface area contributed by atoms with Gasteiger partial charge in [-0.2, -0.15) is 0 Å². The smallest absolute Gasteiger partial charge is 0.226 e. The molecule has 1 aliphatic carbocycles. The van der Waals surface area contributed by atoms with Gasteiger partial charge in [-0.3, -0.25) is 4.79 Å². The van der Waals surface area contributed by atoms with Gasteiger partial charge in [-0.25, -0.2) is 0 Å². The molecule has 1 aliphatic heterocycles. The molecule has 2 aromatic rings. The van der Waals surface area contributed by atoms with Gasteiger partial charge in [0.25, 0.3) is 0 Å². The number of hydrogen-bond acceptors (Lipinski definition) is 4. The Balaban J connectivity index is 1.58. The summed E-state index contributed by atoms with van der Waals surface area (Å²) in [6.07, 6.45) is 2.08. The Labute approximate surface area is 128 Å². The van der Waals surface area contributed by atoms with E-state index in [1.54, 1.807) is 7.11 Å². The minimum Gasteiger partial charge on any atom is -0.497 e. The third kappa shape index (κ3) is 2.24. The van der Waals surface area contributed by atoms with E-state index in [0.29, 0.717) is 6.54 Å². The van der Waals surface area contributed by atoms with Crippen molar-refractivity contribution in [1.29, 1.82) is 0 Å². The van der Waals surface area contributed by atoms with E-state index < -0.39 is 0 Å². The van der Waals surface area contributed by atoms with Crippen LogP contribution in [0.3, 0.4) is 0 Å². The summed E-state index contributed by atoms with van der Waals surface area (Å²) in [7, 11) is 1.65. The van der Waals surface area contributed by atoms with Crippen LogP contribution in [0.15, 0.2) is 24.3 Å². The average molecular weight is 298 g/mol. The lowest BCUT2D eigenvalue weighted by molar-refractivity contribution is -0.134. The zero-order chi connectivity index (χ0) is 15.1. The second kappa shape index (κ2) is 5.12. The van der Waals surface area contributed by atoms with Crippen molar-refractivity contribution >= 4 is 5.91 Å². The van der Waals surface area contributed by atoms with E-state index in [1.807, 2.05) is 29.2 Å². The first-order valence-corrected chi connectivity index (χ1v) is 7.61. The number of rotatable bonds is 3. The number of fused-ring (bicyclic) bond motifs is 1. The summed E-state index contributed by atoms with van der Waals surface area (Å²) < 4.78 is 7.29. The molecule has 1 saturated carbocycles. The van der Waals surface area contributed by atoms with Crippen LogP contribution in [-0.2, 0) is 17.9 Å². The van der Waals surface area contributed by atoms with Gasteiger partial charge < -0.3 is 14.2 Å². The second-order valence-electron chi connectivity index (χ2n) is 5.85. The number of nitrogens with zero attached hydrogens (tertiary/aromatic N) is 4. The van der Waals surface area contributed by atoms with Crippen molar-refractivity contribution in [2.45, 2.75) is 25.9 Å². The molecule has 1 aromatic heterocycles. The maximum atomic E-state index is 12.2. The molecular formula is C16H18N4O2. The number of ether oxygens (including phenoxy) is 1. The molecule has 1 amide bonds. The second-order valence-corrected chi connectivity index (χ2v) is 5.85. The molecule has 2 heterocycles. The first kappa shape index (κ1) is 13.3. The van der Waals surface area contributed by atoms with Gasteiger partial charge in [0, 0.05) is 24.6 Å². The number of hydrogen-bond donors (Lipinski definition) is 0. The highest BCUT2D eigenvalue weighted by atomic mass is 16.5. The van der Waals surface area contributed by atoms with Crippen LogP contribution in [0, 0.1) is 5.92 Å². The number of carbonyl (C=O) groups excluding carboxylic acids is 1. The summed E-state index contributed by atoms with van der Waals surface area (Å²) in [4.78, 5) is 14.1. The fourth-order valence-electron chi connectivity index (χ4n) is 2.89. The van der Waals surface area contributed by atoms with Gasteiger partial charge in [0.1, 0.15) is 5.75 Å². The molecule has 0 atom stereocenters. The standard InChI is InChI=1S/C16H18N4O2/c1-22-13-6-4-11(5-7-13)15-18-17-14-10-19(8-9-20(14)15)16(21)12-2-3-12/h4-7,12H,2-3,8-10H2,1H3. The van der Waals surface area contributed by atoms with Crippen molar-refractivity contribution in [2.24, 2.45) is 5.92 Å². The predicted octanol–water partition coefficient (Wildman–Crippen LogP) is 1.71. The Kier molecular flexibility index (Phi) is 3.10. The molecule has 4 rings (SSSR count). The summed E-state index contributed by atoms with van der Waals surface area (Å²) in [6, 6.07) is 7.81. The van der Waals surface area contributed by atoms with Crippen LogP contribution in [-0.4, -0.2) is 39.2 Å². The van der Waals surface area contributed by atoms with Crippen LogP contribution in [0.5, 0.6) is 5.75 Å². The quantitative estimate of drug-likeness (QED) is 0.865. The third-order valence-electron chi connectivity index (χ3n) is 4.34. The van der Waals surface area contributed by atoms with Gasteiger partial charge >= 0.3 is 0 Å². The minimum absolute atomic E-state index is 0.260. The van der Waals surface area contributed by atoms with Crippen LogP contribution in [0.4, 0.5) is 0 Å². The molecule has 0 radical (unpaired) electrons. The number of carbonyl (C=O) groups is 1. The number of methoxy groups -OCH3 is 1. The highest BCUT2D eigenvalue weighted by molar-refractivity contribution is 5.81. The molecule has 6 heteroatoms. The zero-order valence-electron chi connectivity index (χ0n) is 12.5. The van der Waals surface area contributed by atoms with Gasteiger partial charge in [-0.05, 0) is 37.1 Å². The van der Waals surface area contributed by atoms with E-state index in [4.69, 9.17) is 4.74 Å². The normalized spacial score (nSPS) is 17.2. The predicted molar refractivity (Wildman–Crippen MR) is 80.2 cm³/mol. The van der Waals surface area contributed by atoms with Gasteiger partial charge in [-0.15, -0.1) is 10.2 Å². The van der Waals surface area contributed by atoms with E-state index in [-0.39, 0.29) is 11.8 Å². The molecule has 0 saturated heterocycles. The van der Waals surface area contributed by atoms with Crippen LogP contribution < -0.4 is 4.74 Å². The average Bonchev–Trinajstić information content (AvgIpc) is 3.33. The summed E-state index contributed by atoms with van der Waals surface area (Å²) in [5.74, 6) is 3.08. The van der Waals surface area contributed by atoms with E-state index >= 15 is 0 Å². The Bertz CT molecular complexity index is 703. The lowest BCUT2D eigenvalue weighted by Crippen LogP contribution is -2.39. The van der Waals surface area contributed by atoms with E-state index in [0.717, 1.165) is 48.9 Å². The molecule has 0 spiro atoms. The Morgan fingerprint density at radius 1 is 1.18 bits per heavy atom. The van der Waals surface area contributed by atoms with Gasteiger partial charge in [0.15, 0.2) is 11.6 Å². The summed E-state index contributed by atoms with van der Waals surface area (Å²) >= 11 is 0. The maximum absolute atomic E-state index is 12.2. The first-order valence-electron chi connectivity index (χ1n) is 7.61. The summed E-state index contributed by atoms with van der Waals surface area (Å²) in [6.45, 7) is 2.06. The monoisotopic (exact) mass is 298 g/mol. The van der Waals surface area contributed by atoms with E-state index in [2.05, 4.69) is 14.8 Å². The van der Waals surface area contributed by atoms with Crippen LogP contribution in [0.25, 0.3) is 11.4 Å². The lowest BCUT2D eigenvalue weighted by atomic mass is 10.2. The van der Waals surface area contributed by atoms with E-state index in [1.165, 1.54) is 0 Å². The van der Waals surface area contributed by atoms with Crippen molar-refractivity contribution in [1.82, 2.24) is 19.7 Å². The highest BCUT2D eigenvalue weighted by Gasteiger charge is 2.35. The fourth-order valence-corrected chi connectivity index (χ4v) is 2.89. The SMILES string of the molecule is COc1ccc(-c2nnc3n2CCN(C(=O)C2CC2)C3)cc1. The molecule has 1 fully saturated rings. The molecule has 1 aromatic carbocycles. The van der Waals surface area contributed by atoms with Crippen LogP contribution in [0.2, 0.25) is 0 Å². The van der Waals surface area contributed by atoms with E-state index in [9.17, 15) is 4.79 Å². The van der Waals surface area contributed by atoms with Crippen molar-refractivity contribution < 1.29 is 9.53 Å². The molecule has 2 aliphatic rings. The molecule has 6 nitrogen and oxygen atoms in total. The topological polar surface area (TPSA) is 60.3 Å². The van der Waals surface area contributed by atoms with Crippen molar-refractivity contribution in [3.63, 3.8) is 0 Å². The van der Waals surface area contributed by atoms with Gasteiger partial charge in [0.2, 0.25) is 5.91 Å². The molecule has 0 unspecified atom stereocenters. The minimum atomic E-state index is 0.260. The highest BCUT2D eigenvalue weighted by Crippen LogP contribution is 2.32. The maximum Gasteiger partial charge on any atom is 0.226 e. The largest absolute Gasteiger partial charge is 0.497 e. The fraction of sp³-hybridized carbons (Fsp3) is 0.438. The molecule has 0 N–H and O–H groups in total. The summed E-state index contributed by atoms with van der Waals surface area (Å²) in [5, 5.41) is 8.59. The third-order valence-corrected chi connectivity index (χ3v) is 4.34. The molecule has 22 heavy (non-hydrogen) atoms. The van der Waals surface area contributed by atoms with Gasteiger partial charge in [0.05, 0.1) is 13.7 Å². The molecular weight excluding hydrogens is 280 g/mol. The molecule has 0 bridgehead atoms. The lowest BCUT2D eigenvalue weighted by Gasteiger charge is -2.28. The first-order chi connectivity index (χ1) is 10.8. The number of aromatic nitrogens is 3. The van der Waals surface area contributed by atoms with Crippen LogP contribution >= 0.6 is 0 Å². The molecule has 114 valence electrons. The van der Waals surface area contributed by atoms with Gasteiger partial charge in [-0.1, -0.05) is 0 Å². The van der Waals surface area contributed by atoms with Crippen LogP contribution in [0.1, 0.15) is 18.7 Å². The van der Waals surface area contributed by atoms with Crippen molar-refractivity contribution in [2.75, 3.05) is 13.7 Å². The Morgan fingerprint density at radius 2 is 1.95 bits per heavy atom. The zero-order valence-corrected chi connectivity index (χ0v) is 12.5. The number of amides is 1. The van der Waals surface area contributed by atoms with Crippen molar-refractivity contribution in [3.05, 3.63) is 30.1 Å². The summed E-state index contributed by atoms with van der Waals surface area (Å²) in [5.41, 5.74) is 1.02. The number of benzene rings is 1. The Hall–Kier alpha value is -2.37. The van der Waals surface area contributed by atoms with Crippen molar-refractivity contribution in [3.8, 4) is 17.1 Å².